The highest BCUT2D eigenvalue weighted by atomic mass is 16.5. The maximum Gasteiger partial charge on any atom is 0.161 e. The molecular weight excluding hydrogens is 300 g/mol. The van der Waals surface area contributed by atoms with Crippen LogP contribution in [0.5, 0.6) is 11.5 Å². The Morgan fingerprint density at radius 3 is 2.58 bits per heavy atom. The molecule has 0 aromatic heterocycles. The van der Waals surface area contributed by atoms with Crippen molar-refractivity contribution >= 4 is 5.69 Å². The smallest absolute Gasteiger partial charge is 0.161 e. The third-order valence-electron chi connectivity index (χ3n) is 5.12. The summed E-state index contributed by atoms with van der Waals surface area (Å²) in [4.78, 5) is 2.52. The lowest BCUT2D eigenvalue weighted by Gasteiger charge is -2.30. The van der Waals surface area contributed by atoms with Crippen molar-refractivity contribution in [2.75, 3.05) is 32.6 Å². The van der Waals surface area contributed by atoms with Crippen LogP contribution < -0.4 is 14.8 Å². The molecule has 0 bridgehead atoms. The van der Waals surface area contributed by atoms with Crippen molar-refractivity contribution in [2.24, 2.45) is 0 Å². The quantitative estimate of drug-likeness (QED) is 0.936. The lowest BCUT2D eigenvalue weighted by atomic mass is 9.98. The van der Waals surface area contributed by atoms with Crippen LogP contribution in [0.1, 0.15) is 22.3 Å². The van der Waals surface area contributed by atoms with Gasteiger partial charge in [0.25, 0.3) is 0 Å². The summed E-state index contributed by atoms with van der Waals surface area (Å²) >= 11 is 0. The minimum Gasteiger partial charge on any atom is -0.493 e. The zero-order valence-corrected chi connectivity index (χ0v) is 14.4. The third-order valence-corrected chi connectivity index (χ3v) is 5.12. The fourth-order valence-electron chi connectivity index (χ4n) is 3.86. The van der Waals surface area contributed by atoms with Crippen molar-refractivity contribution in [3.8, 4) is 11.5 Å². The van der Waals surface area contributed by atoms with E-state index < -0.39 is 0 Å². The van der Waals surface area contributed by atoms with E-state index in [0.29, 0.717) is 0 Å². The number of anilines is 1. The monoisotopic (exact) mass is 324 g/mol. The number of fused-ring (bicyclic) bond motifs is 2. The summed E-state index contributed by atoms with van der Waals surface area (Å²) in [5.74, 6) is 1.65. The Hall–Kier alpha value is -2.20. The van der Waals surface area contributed by atoms with Crippen LogP contribution in [0.2, 0.25) is 0 Å². The van der Waals surface area contributed by atoms with Gasteiger partial charge in [-0.1, -0.05) is 18.2 Å². The highest BCUT2D eigenvalue weighted by Gasteiger charge is 2.21. The van der Waals surface area contributed by atoms with Crippen molar-refractivity contribution in [3.05, 3.63) is 52.6 Å². The van der Waals surface area contributed by atoms with Gasteiger partial charge in [0, 0.05) is 31.9 Å². The van der Waals surface area contributed by atoms with Crippen LogP contribution >= 0.6 is 0 Å². The maximum atomic E-state index is 5.46. The summed E-state index contributed by atoms with van der Waals surface area (Å²) in [5, 5.41) is 3.55. The largest absolute Gasteiger partial charge is 0.493 e. The summed E-state index contributed by atoms with van der Waals surface area (Å²) in [6.07, 6.45) is 2.20. The van der Waals surface area contributed by atoms with Crippen molar-refractivity contribution < 1.29 is 9.47 Å². The molecule has 2 aliphatic rings. The maximum absolute atomic E-state index is 5.46. The average Bonchev–Trinajstić information content (AvgIpc) is 3.10. The molecule has 0 saturated carbocycles. The summed E-state index contributed by atoms with van der Waals surface area (Å²) in [6, 6.07) is 10.9. The second kappa shape index (κ2) is 6.36. The lowest BCUT2D eigenvalue weighted by molar-refractivity contribution is 0.244. The molecule has 126 valence electrons. The Balaban J connectivity index is 1.55. The van der Waals surface area contributed by atoms with Crippen LogP contribution in [0.25, 0.3) is 0 Å². The molecule has 0 spiro atoms. The predicted molar refractivity (Wildman–Crippen MR) is 96.0 cm³/mol. The van der Waals surface area contributed by atoms with Gasteiger partial charge in [0.15, 0.2) is 11.5 Å². The zero-order chi connectivity index (χ0) is 16.5. The summed E-state index contributed by atoms with van der Waals surface area (Å²) in [6.45, 7) is 4.08. The molecule has 0 amide bonds. The van der Waals surface area contributed by atoms with E-state index in [-0.39, 0.29) is 0 Å². The molecular formula is C20H24N2O2. The molecule has 4 heteroatoms. The van der Waals surface area contributed by atoms with Crippen LogP contribution in [-0.4, -0.2) is 32.2 Å². The van der Waals surface area contributed by atoms with Gasteiger partial charge in [0.2, 0.25) is 0 Å². The lowest BCUT2D eigenvalue weighted by Crippen LogP contribution is -2.30. The predicted octanol–water partition coefficient (Wildman–Crippen LogP) is 3.23. The number of nitrogens with one attached hydrogen (secondary N) is 1. The third kappa shape index (κ3) is 2.71. The first-order chi connectivity index (χ1) is 11.8. The number of nitrogens with zero attached hydrogens (tertiary/aromatic N) is 1. The van der Waals surface area contributed by atoms with Gasteiger partial charge in [-0.25, -0.2) is 0 Å². The van der Waals surface area contributed by atoms with Crippen molar-refractivity contribution in [3.63, 3.8) is 0 Å². The first-order valence-corrected chi connectivity index (χ1v) is 8.59. The molecule has 2 aromatic carbocycles. The molecule has 1 N–H and O–H groups in total. The molecule has 2 aromatic rings. The molecule has 2 aliphatic heterocycles. The molecule has 4 rings (SSSR count). The molecule has 2 heterocycles. The van der Waals surface area contributed by atoms with Gasteiger partial charge in [-0.15, -0.1) is 0 Å². The molecule has 0 unspecified atom stereocenters. The molecule has 0 aliphatic carbocycles. The zero-order valence-electron chi connectivity index (χ0n) is 14.4. The minimum atomic E-state index is 0.820. The van der Waals surface area contributed by atoms with Crippen LogP contribution in [0.4, 0.5) is 5.69 Å². The van der Waals surface area contributed by atoms with Crippen LogP contribution in [0, 0.1) is 0 Å². The SMILES string of the molecule is COc1cc2c(cc1OC)CN(Cc1cccc3c1NCC3)CC2. The number of ether oxygens (including phenoxy) is 2. The van der Waals surface area contributed by atoms with Gasteiger partial charge in [-0.05, 0) is 47.2 Å². The van der Waals surface area contributed by atoms with E-state index in [1.165, 1.54) is 27.9 Å². The van der Waals surface area contributed by atoms with Gasteiger partial charge < -0.3 is 14.8 Å². The highest BCUT2D eigenvalue weighted by Crippen LogP contribution is 2.34. The van der Waals surface area contributed by atoms with Gasteiger partial charge in [-0.2, -0.15) is 0 Å². The van der Waals surface area contributed by atoms with Gasteiger partial charge in [0.05, 0.1) is 14.2 Å². The summed E-state index contributed by atoms with van der Waals surface area (Å²) in [5.41, 5.74) is 6.95. The van der Waals surface area contributed by atoms with E-state index in [9.17, 15) is 0 Å². The van der Waals surface area contributed by atoms with E-state index in [4.69, 9.17) is 9.47 Å². The fourth-order valence-corrected chi connectivity index (χ4v) is 3.86. The molecule has 0 atom stereocenters. The topological polar surface area (TPSA) is 33.7 Å². The second-order valence-electron chi connectivity index (χ2n) is 6.56. The van der Waals surface area contributed by atoms with E-state index in [1.807, 2.05) is 0 Å². The van der Waals surface area contributed by atoms with Gasteiger partial charge >= 0.3 is 0 Å². The van der Waals surface area contributed by atoms with Crippen LogP contribution in [0.15, 0.2) is 30.3 Å². The van der Waals surface area contributed by atoms with E-state index in [2.05, 4.69) is 40.5 Å². The van der Waals surface area contributed by atoms with Crippen molar-refractivity contribution in [1.82, 2.24) is 4.90 Å². The van der Waals surface area contributed by atoms with Crippen LogP contribution in [-0.2, 0) is 25.9 Å². The Kier molecular flexibility index (Phi) is 4.07. The Morgan fingerprint density at radius 2 is 1.79 bits per heavy atom. The number of rotatable bonds is 4. The summed E-state index contributed by atoms with van der Waals surface area (Å²) < 4.78 is 10.9. The second-order valence-corrected chi connectivity index (χ2v) is 6.56. The average molecular weight is 324 g/mol. The number of hydrogen-bond donors (Lipinski definition) is 1. The highest BCUT2D eigenvalue weighted by molar-refractivity contribution is 5.61. The van der Waals surface area contributed by atoms with E-state index >= 15 is 0 Å². The van der Waals surface area contributed by atoms with Crippen LogP contribution in [0.3, 0.4) is 0 Å². The first kappa shape index (κ1) is 15.3. The molecule has 0 fully saturated rings. The number of para-hydroxylation sites is 1. The fraction of sp³-hybridized carbons (Fsp3) is 0.400. The van der Waals surface area contributed by atoms with Crippen molar-refractivity contribution in [1.29, 1.82) is 0 Å². The molecule has 4 nitrogen and oxygen atoms in total. The Morgan fingerprint density at radius 1 is 1.00 bits per heavy atom. The molecule has 24 heavy (non-hydrogen) atoms. The molecule has 0 saturated heterocycles. The van der Waals surface area contributed by atoms with Crippen molar-refractivity contribution in [2.45, 2.75) is 25.9 Å². The minimum absolute atomic E-state index is 0.820. The standard InChI is InChI=1S/C20H24N2O2/c1-23-18-10-15-7-9-22(13-17(15)11-19(18)24-2)12-16-5-3-4-14-6-8-21-20(14)16/h3-5,10-11,21H,6-9,12-13H2,1-2H3. The Labute approximate surface area is 143 Å². The van der Waals surface area contributed by atoms with E-state index in [1.54, 1.807) is 14.2 Å². The summed E-state index contributed by atoms with van der Waals surface area (Å²) in [7, 11) is 3.39. The van der Waals surface area contributed by atoms with Gasteiger partial charge in [0.1, 0.15) is 0 Å². The molecule has 0 radical (unpaired) electrons. The van der Waals surface area contributed by atoms with Gasteiger partial charge in [-0.3, -0.25) is 4.90 Å². The van der Waals surface area contributed by atoms with E-state index in [0.717, 1.165) is 50.5 Å². The number of methoxy groups -OCH3 is 2. The first-order valence-electron chi connectivity index (χ1n) is 8.59. The normalized spacial score (nSPS) is 16.2. The Bertz CT molecular complexity index is 758. The number of hydrogen-bond acceptors (Lipinski definition) is 4. The number of benzene rings is 2.